The highest BCUT2D eigenvalue weighted by atomic mass is 32.2. The molecule has 0 aliphatic carbocycles. The van der Waals surface area contributed by atoms with Crippen molar-refractivity contribution in [1.29, 1.82) is 0 Å². The van der Waals surface area contributed by atoms with Gasteiger partial charge in [-0.25, -0.2) is 0 Å². The molecular weight excluding hydrogens is 354 g/mol. The van der Waals surface area contributed by atoms with Gasteiger partial charge in [0.15, 0.2) is 11.2 Å². The van der Waals surface area contributed by atoms with Crippen LogP contribution in [0, 0.1) is 0 Å². The van der Waals surface area contributed by atoms with E-state index in [0.717, 1.165) is 18.0 Å². The van der Waals surface area contributed by atoms with Crippen molar-refractivity contribution in [2.75, 3.05) is 23.7 Å². The summed E-state index contributed by atoms with van der Waals surface area (Å²) in [5.41, 5.74) is 6.26. The number of primary amides is 1. The van der Waals surface area contributed by atoms with E-state index in [-0.39, 0.29) is 0 Å². The number of rotatable bonds is 5. The maximum Gasteiger partial charge on any atom is 0.260 e. The molecule has 0 bridgehead atoms. The Morgan fingerprint density at radius 1 is 1.24 bits per heavy atom. The van der Waals surface area contributed by atoms with Crippen LogP contribution in [0.4, 0.5) is 5.69 Å². The van der Waals surface area contributed by atoms with Gasteiger partial charge in [0.2, 0.25) is 0 Å². The molecule has 0 saturated heterocycles. The Balaban J connectivity index is 1.60. The molecule has 3 rings (SSSR count). The number of anilines is 1. The lowest BCUT2D eigenvalue weighted by atomic mass is 10.2. The zero-order chi connectivity index (χ0) is 17.6. The summed E-state index contributed by atoms with van der Waals surface area (Å²) in [5, 5.41) is 3.82. The second kappa shape index (κ2) is 8.22. The van der Waals surface area contributed by atoms with E-state index in [1.165, 1.54) is 4.90 Å². The number of carbonyl (C=O) groups excluding carboxylic acids is 1. The van der Waals surface area contributed by atoms with Gasteiger partial charge in [-0.15, -0.1) is 11.8 Å². The second-order valence-electron chi connectivity index (χ2n) is 5.48. The molecule has 2 aromatic carbocycles. The highest BCUT2D eigenvalue weighted by Gasteiger charge is 2.30. The number of thiocarbonyl (C=S) groups is 1. The van der Waals surface area contributed by atoms with E-state index in [1.54, 1.807) is 11.8 Å². The number of benzene rings is 2. The molecule has 0 saturated carbocycles. The number of hydrogen-bond donors (Lipinski definition) is 2. The van der Waals surface area contributed by atoms with Crippen molar-refractivity contribution in [3.05, 3.63) is 54.6 Å². The van der Waals surface area contributed by atoms with Gasteiger partial charge in [-0.05, 0) is 36.5 Å². The van der Waals surface area contributed by atoms with E-state index in [9.17, 15) is 4.79 Å². The summed E-state index contributed by atoms with van der Waals surface area (Å²) >= 11 is 7.28. The molecule has 3 N–H and O–H groups in total. The Morgan fingerprint density at radius 2 is 1.96 bits per heavy atom. The Morgan fingerprint density at radius 3 is 2.72 bits per heavy atom. The van der Waals surface area contributed by atoms with Crippen molar-refractivity contribution in [2.45, 2.75) is 11.0 Å². The number of nitrogens with one attached hydrogen (secondary N) is 1. The van der Waals surface area contributed by atoms with Gasteiger partial charge in [0, 0.05) is 17.2 Å². The highest BCUT2D eigenvalue weighted by Crippen LogP contribution is 2.33. The normalized spacial score (nSPS) is 15.8. The van der Waals surface area contributed by atoms with Gasteiger partial charge in [-0.3, -0.25) is 4.79 Å². The fraction of sp³-hybridized carbons (Fsp3) is 0.222. The largest absolute Gasteiger partial charge is 0.477 e. The van der Waals surface area contributed by atoms with Crippen molar-refractivity contribution < 1.29 is 9.53 Å². The number of para-hydroxylation sites is 2. The van der Waals surface area contributed by atoms with Gasteiger partial charge in [0.05, 0.1) is 12.2 Å². The van der Waals surface area contributed by atoms with E-state index >= 15 is 0 Å². The molecule has 1 atom stereocenters. The molecule has 1 aliphatic heterocycles. The average Bonchev–Trinajstić information content (AvgIpc) is 2.65. The molecule has 5 nitrogen and oxygen atoms in total. The fourth-order valence-corrected chi connectivity index (χ4v) is 3.58. The van der Waals surface area contributed by atoms with Gasteiger partial charge in [0.25, 0.3) is 5.91 Å². The van der Waals surface area contributed by atoms with Crippen LogP contribution in [-0.4, -0.2) is 36.0 Å². The first-order chi connectivity index (χ1) is 12.1. The van der Waals surface area contributed by atoms with Crippen LogP contribution < -0.4 is 20.7 Å². The molecule has 0 spiro atoms. The van der Waals surface area contributed by atoms with Crippen LogP contribution in [0.15, 0.2) is 59.5 Å². The summed E-state index contributed by atoms with van der Waals surface area (Å²) in [6, 6.07) is 17.7. The zero-order valence-electron chi connectivity index (χ0n) is 13.6. The standard InChI is InChI=1S/C18H19N3O2S2/c19-17(22)16-12-21(14-8-4-5-9-15(14)23-16)18(24)20-10-11-25-13-6-2-1-3-7-13/h1-9,16H,10-12H2,(H2,19,22)(H,20,24). The maximum absolute atomic E-state index is 11.6. The van der Waals surface area contributed by atoms with Crippen LogP contribution in [0.25, 0.3) is 0 Å². The minimum absolute atomic E-state index is 0.310. The van der Waals surface area contributed by atoms with Gasteiger partial charge < -0.3 is 20.7 Å². The number of fused-ring (bicyclic) bond motifs is 1. The van der Waals surface area contributed by atoms with Crippen LogP contribution in [-0.2, 0) is 4.79 Å². The van der Waals surface area contributed by atoms with E-state index in [1.807, 2.05) is 47.4 Å². The van der Waals surface area contributed by atoms with Crippen molar-refractivity contribution >= 4 is 40.7 Å². The number of nitrogens with two attached hydrogens (primary N) is 1. The zero-order valence-corrected chi connectivity index (χ0v) is 15.2. The molecule has 0 aromatic heterocycles. The SMILES string of the molecule is NC(=O)C1CN(C(=S)NCCSc2ccccc2)c2ccccc2O1. The number of thioether (sulfide) groups is 1. The lowest BCUT2D eigenvalue weighted by molar-refractivity contribution is -0.124. The molecule has 25 heavy (non-hydrogen) atoms. The number of carbonyl (C=O) groups is 1. The molecule has 7 heteroatoms. The number of ether oxygens (including phenoxy) is 1. The first-order valence-corrected chi connectivity index (χ1v) is 9.33. The van der Waals surface area contributed by atoms with Crippen LogP contribution in [0.2, 0.25) is 0 Å². The lowest BCUT2D eigenvalue weighted by Gasteiger charge is -2.35. The quantitative estimate of drug-likeness (QED) is 0.477. The second-order valence-corrected chi connectivity index (χ2v) is 7.04. The minimum Gasteiger partial charge on any atom is -0.477 e. The van der Waals surface area contributed by atoms with Crippen molar-refractivity contribution in [1.82, 2.24) is 5.32 Å². The monoisotopic (exact) mass is 373 g/mol. The Kier molecular flexibility index (Phi) is 5.78. The lowest BCUT2D eigenvalue weighted by Crippen LogP contribution is -2.52. The van der Waals surface area contributed by atoms with E-state index in [2.05, 4.69) is 17.4 Å². The van der Waals surface area contributed by atoms with Crippen molar-refractivity contribution in [3.63, 3.8) is 0 Å². The minimum atomic E-state index is -0.714. The Labute approximate surface area is 156 Å². The summed E-state index contributed by atoms with van der Waals surface area (Å²) in [5.74, 6) is 0.998. The third-order valence-electron chi connectivity index (χ3n) is 3.73. The summed E-state index contributed by atoms with van der Waals surface area (Å²) in [6.45, 7) is 1.03. The average molecular weight is 374 g/mol. The smallest absolute Gasteiger partial charge is 0.260 e. The first kappa shape index (κ1) is 17.6. The molecule has 1 amide bonds. The molecule has 0 radical (unpaired) electrons. The fourth-order valence-electron chi connectivity index (χ4n) is 2.51. The summed E-state index contributed by atoms with van der Waals surface area (Å²) in [6.07, 6.45) is -0.714. The van der Waals surface area contributed by atoms with Gasteiger partial charge >= 0.3 is 0 Å². The van der Waals surface area contributed by atoms with Gasteiger partial charge in [0.1, 0.15) is 5.75 Å². The first-order valence-electron chi connectivity index (χ1n) is 7.93. The van der Waals surface area contributed by atoms with E-state index in [4.69, 9.17) is 22.7 Å². The molecule has 1 unspecified atom stereocenters. The van der Waals surface area contributed by atoms with E-state index in [0.29, 0.717) is 17.4 Å². The molecular formula is C18H19N3O2S2. The summed E-state index contributed by atoms with van der Waals surface area (Å²) in [7, 11) is 0. The summed E-state index contributed by atoms with van der Waals surface area (Å²) in [4.78, 5) is 14.6. The molecule has 2 aromatic rings. The third-order valence-corrected chi connectivity index (χ3v) is 5.10. The third kappa shape index (κ3) is 4.43. The van der Waals surface area contributed by atoms with Gasteiger partial charge in [-0.1, -0.05) is 30.3 Å². The van der Waals surface area contributed by atoms with Crippen LogP contribution >= 0.6 is 24.0 Å². The van der Waals surface area contributed by atoms with E-state index < -0.39 is 12.0 Å². The Hall–Kier alpha value is -2.25. The molecule has 130 valence electrons. The predicted molar refractivity (Wildman–Crippen MR) is 105 cm³/mol. The number of amides is 1. The number of nitrogens with zero attached hydrogens (tertiary/aromatic N) is 1. The van der Waals surface area contributed by atoms with Gasteiger partial charge in [-0.2, -0.15) is 0 Å². The molecule has 1 heterocycles. The summed E-state index contributed by atoms with van der Waals surface area (Å²) < 4.78 is 5.65. The number of hydrogen-bond acceptors (Lipinski definition) is 4. The predicted octanol–water partition coefficient (Wildman–Crippen LogP) is 2.41. The Bertz CT molecular complexity index is 755. The molecule has 0 fully saturated rings. The highest BCUT2D eigenvalue weighted by molar-refractivity contribution is 7.99. The van der Waals surface area contributed by atoms with Crippen molar-refractivity contribution in [3.8, 4) is 5.75 Å². The van der Waals surface area contributed by atoms with Crippen molar-refractivity contribution in [2.24, 2.45) is 5.73 Å². The van der Waals surface area contributed by atoms with Crippen LogP contribution in [0.1, 0.15) is 0 Å². The van der Waals surface area contributed by atoms with Crippen LogP contribution in [0.5, 0.6) is 5.75 Å². The maximum atomic E-state index is 11.6. The van der Waals surface area contributed by atoms with Crippen LogP contribution in [0.3, 0.4) is 0 Å². The topological polar surface area (TPSA) is 67.6 Å². The molecule has 1 aliphatic rings.